The predicted octanol–water partition coefficient (Wildman–Crippen LogP) is 29.0. The molecule has 6 aromatic heterocycles. The van der Waals surface area contributed by atoms with Crippen molar-refractivity contribution in [3.8, 4) is 113 Å². The number of benzene rings is 18. The Bertz CT molecular complexity index is 8110. The molecule has 0 N–H and O–H groups in total. The number of aromatic nitrogens is 8. The Labute approximate surface area is 692 Å². The molecular weight excluding hydrogens is 1460 g/mol. The van der Waals surface area contributed by atoms with Crippen molar-refractivity contribution in [2.24, 2.45) is 0 Å². The molecule has 560 valence electrons. The van der Waals surface area contributed by atoms with Crippen molar-refractivity contribution >= 4 is 109 Å². The molecule has 18 aromatic carbocycles. The first-order valence-electron chi connectivity index (χ1n) is 40.8. The van der Waals surface area contributed by atoms with Crippen molar-refractivity contribution in [1.29, 1.82) is 0 Å². The average molecular weight is 1530 g/mol. The Kier molecular flexibility index (Phi) is 16.7. The largest absolute Gasteiger partial charge is 0.309 e. The van der Waals surface area contributed by atoms with E-state index in [-0.39, 0.29) is 0 Å². The van der Waals surface area contributed by atoms with Gasteiger partial charge in [0.15, 0.2) is 11.6 Å². The van der Waals surface area contributed by atoms with Crippen molar-refractivity contribution in [2.75, 3.05) is 0 Å². The maximum absolute atomic E-state index is 5.31. The van der Waals surface area contributed by atoms with Gasteiger partial charge < -0.3 is 18.3 Å². The summed E-state index contributed by atoms with van der Waals surface area (Å²) in [7, 11) is 0. The first-order valence-corrected chi connectivity index (χ1v) is 40.8. The summed E-state index contributed by atoms with van der Waals surface area (Å²) < 4.78 is 9.65. The first-order chi connectivity index (χ1) is 59.5. The third kappa shape index (κ3) is 11.8. The normalized spacial score (nSPS) is 11.7. The molecule has 0 spiro atoms. The van der Waals surface area contributed by atoms with Gasteiger partial charge in [0.1, 0.15) is 0 Å². The fraction of sp³-hybridized carbons (Fsp3) is 0. The molecule has 6 heterocycles. The van der Waals surface area contributed by atoms with Crippen LogP contribution in [0.25, 0.3) is 222 Å². The van der Waals surface area contributed by atoms with Crippen LogP contribution in [-0.4, -0.2) is 38.2 Å². The van der Waals surface area contributed by atoms with E-state index < -0.39 is 0 Å². The van der Waals surface area contributed by atoms with Gasteiger partial charge in [-0.15, -0.1) is 0 Å². The summed E-state index contributed by atoms with van der Waals surface area (Å²) in [5.74, 6) is 1.40. The van der Waals surface area contributed by atoms with Crippen LogP contribution in [0.15, 0.2) is 437 Å². The second-order valence-electron chi connectivity index (χ2n) is 30.8. The molecule has 0 fully saturated rings. The third-order valence-corrected chi connectivity index (χ3v) is 23.8. The molecule has 0 aliphatic heterocycles. The van der Waals surface area contributed by atoms with Gasteiger partial charge in [-0.3, -0.25) is 0 Å². The van der Waals surface area contributed by atoms with Crippen LogP contribution in [-0.2, 0) is 0 Å². The molecule has 0 atom stereocenters. The summed E-state index contributed by atoms with van der Waals surface area (Å²) in [5.41, 5.74) is 28.4. The quantitative estimate of drug-likeness (QED) is 0.122. The molecule has 0 aliphatic carbocycles. The zero-order valence-corrected chi connectivity index (χ0v) is 65.1. The van der Waals surface area contributed by atoms with E-state index in [1.165, 1.54) is 92.8 Å². The van der Waals surface area contributed by atoms with Crippen LogP contribution in [0.2, 0.25) is 0 Å². The van der Waals surface area contributed by atoms with Crippen molar-refractivity contribution in [3.05, 3.63) is 437 Å². The molecule has 0 saturated heterocycles. The fourth-order valence-corrected chi connectivity index (χ4v) is 18.4. The van der Waals surface area contributed by atoms with Gasteiger partial charge in [0, 0.05) is 99.2 Å². The summed E-state index contributed by atoms with van der Waals surface area (Å²) in [4.78, 5) is 21.0. The Hall–Kier alpha value is -16.2. The van der Waals surface area contributed by atoms with Gasteiger partial charge in [-0.05, 0) is 159 Å². The van der Waals surface area contributed by atoms with E-state index in [1.807, 2.05) is 24.3 Å². The van der Waals surface area contributed by atoms with Crippen molar-refractivity contribution in [3.63, 3.8) is 0 Å². The molecule has 0 saturated carbocycles. The Morgan fingerprint density at radius 3 is 1.00 bits per heavy atom. The Balaban J connectivity index is 0.000000140. The molecule has 8 heteroatoms. The van der Waals surface area contributed by atoms with Gasteiger partial charge in [-0.2, -0.15) is 0 Å². The topological polar surface area (TPSA) is 71.3 Å². The van der Waals surface area contributed by atoms with Gasteiger partial charge in [0.05, 0.1) is 66.9 Å². The van der Waals surface area contributed by atoms with E-state index in [0.29, 0.717) is 11.6 Å². The van der Waals surface area contributed by atoms with Crippen LogP contribution in [0.4, 0.5) is 0 Å². The second kappa shape index (κ2) is 29.0. The molecule has 24 rings (SSSR count). The highest BCUT2D eigenvalue weighted by atomic mass is 15.0. The predicted molar refractivity (Wildman–Crippen MR) is 500 cm³/mol. The van der Waals surface area contributed by atoms with Crippen molar-refractivity contribution < 1.29 is 0 Å². The van der Waals surface area contributed by atoms with Gasteiger partial charge in [0.2, 0.25) is 0 Å². The summed E-state index contributed by atoms with van der Waals surface area (Å²) in [5, 5.41) is 14.6. The molecule has 120 heavy (non-hydrogen) atoms. The van der Waals surface area contributed by atoms with Crippen molar-refractivity contribution in [1.82, 2.24) is 38.2 Å². The molecular formula is C112H72N8. The molecule has 0 unspecified atom stereocenters. The number of rotatable bonds is 12. The highest BCUT2D eigenvalue weighted by Gasteiger charge is 2.25. The van der Waals surface area contributed by atoms with E-state index in [4.69, 9.17) is 19.9 Å². The number of hydrogen-bond acceptors (Lipinski definition) is 4. The fourth-order valence-electron chi connectivity index (χ4n) is 18.4. The lowest BCUT2D eigenvalue weighted by Gasteiger charge is -2.14. The van der Waals surface area contributed by atoms with Gasteiger partial charge in [-0.1, -0.05) is 322 Å². The standard InChI is InChI=1S/2C56H36N4/c1-4-15-37(16-5-1)38-27-29-41(30-28-38)49-36-48(40-17-6-2-7-18-40)57-56(58-49)44-24-14-19-39-31-32-43(35-47(39)44)60-51-26-13-11-23-46(51)55-53(60)34-33-52-54(55)45-22-10-12-25-50(45)59(52)42-20-8-3-9-21-42;1-4-16-37(17-5-1)44-22-10-11-23-45(44)49-36-48(57-56(58-49)38-18-6-2-7-19-38)41-29-28-40-35-43(31-30-39(40)34-41)60-51-27-15-13-25-47(51)55-53(60)33-32-52-54(55)46-24-12-14-26-50(46)59(52)42-20-8-3-9-21-42/h2*1-36H. The van der Waals surface area contributed by atoms with E-state index in [2.05, 4.69) is 431 Å². The Morgan fingerprint density at radius 2 is 0.483 bits per heavy atom. The molecule has 0 radical (unpaired) electrons. The molecule has 0 amide bonds. The molecule has 8 nitrogen and oxygen atoms in total. The third-order valence-electron chi connectivity index (χ3n) is 23.8. The summed E-state index contributed by atoms with van der Waals surface area (Å²) in [6.07, 6.45) is 0. The molecule has 0 aliphatic rings. The lowest BCUT2D eigenvalue weighted by Crippen LogP contribution is -1.98. The van der Waals surface area contributed by atoms with Gasteiger partial charge in [-0.25, -0.2) is 19.9 Å². The van der Waals surface area contributed by atoms with Crippen molar-refractivity contribution in [2.45, 2.75) is 0 Å². The minimum atomic E-state index is 0.693. The van der Waals surface area contributed by atoms with E-state index in [0.717, 1.165) is 117 Å². The summed E-state index contributed by atoms with van der Waals surface area (Å²) >= 11 is 0. The molecule has 24 aromatic rings. The number of hydrogen-bond donors (Lipinski definition) is 0. The minimum absolute atomic E-state index is 0.693. The van der Waals surface area contributed by atoms with Gasteiger partial charge >= 0.3 is 0 Å². The lowest BCUT2D eigenvalue weighted by atomic mass is 9.96. The number of fused-ring (bicyclic) bond motifs is 16. The van der Waals surface area contributed by atoms with Crippen LogP contribution < -0.4 is 0 Å². The maximum Gasteiger partial charge on any atom is 0.161 e. The average Bonchev–Trinajstić information content (AvgIpc) is 1.55. The smallest absolute Gasteiger partial charge is 0.161 e. The van der Waals surface area contributed by atoms with Crippen LogP contribution >= 0.6 is 0 Å². The van der Waals surface area contributed by atoms with Gasteiger partial charge in [0.25, 0.3) is 0 Å². The van der Waals surface area contributed by atoms with Crippen LogP contribution in [0.1, 0.15) is 0 Å². The SMILES string of the molecule is c1ccc(-c2ccc(-c3cc(-c4ccccc4)nc(-c4cccc5ccc(-n6c7ccccc7c7c8c9ccccc9n(-c9ccccc9)c8ccc76)cc45)n3)cc2)cc1.c1ccc(-c2nc(-c3ccc4cc(-n5c6ccccc6c6c7c8ccccc8n(-c8ccccc8)c7ccc65)ccc4c3)cc(-c3ccccc3-c3ccccc3)n2)cc1. The summed E-state index contributed by atoms with van der Waals surface area (Å²) in [6.45, 7) is 0. The minimum Gasteiger partial charge on any atom is -0.309 e. The maximum atomic E-state index is 5.31. The van der Waals surface area contributed by atoms with E-state index >= 15 is 0 Å². The lowest BCUT2D eigenvalue weighted by molar-refractivity contribution is 1.17. The summed E-state index contributed by atoms with van der Waals surface area (Å²) in [6, 6.07) is 156. The molecule has 0 bridgehead atoms. The second-order valence-corrected chi connectivity index (χ2v) is 30.8. The highest BCUT2D eigenvalue weighted by molar-refractivity contribution is 6.30. The first kappa shape index (κ1) is 69.4. The number of nitrogens with zero attached hydrogens (tertiary/aromatic N) is 8. The Morgan fingerprint density at radius 1 is 0.150 bits per heavy atom. The zero-order chi connectivity index (χ0) is 79.1. The van der Waals surface area contributed by atoms with Crippen LogP contribution in [0, 0.1) is 0 Å². The highest BCUT2D eigenvalue weighted by Crippen LogP contribution is 2.47. The monoisotopic (exact) mass is 1530 g/mol. The van der Waals surface area contributed by atoms with E-state index in [1.54, 1.807) is 0 Å². The van der Waals surface area contributed by atoms with Crippen LogP contribution in [0.5, 0.6) is 0 Å². The van der Waals surface area contributed by atoms with Crippen LogP contribution in [0.3, 0.4) is 0 Å². The zero-order valence-electron chi connectivity index (χ0n) is 65.1. The van der Waals surface area contributed by atoms with E-state index in [9.17, 15) is 0 Å². The number of para-hydroxylation sites is 6.